The third-order valence-corrected chi connectivity index (χ3v) is 4.27. The lowest BCUT2D eigenvalue weighted by Gasteiger charge is -2.22. The highest BCUT2D eigenvalue weighted by atomic mass is 127. The van der Waals surface area contributed by atoms with Crippen LogP contribution < -0.4 is 10.6 Å². The summed E-state index contributed by atoms with van der Waals surface area (Å²) in [6.45, 7) is 0.771. The molecule has 1 aromatic carbocycles. The number of benzene rings is 1. The van der Waals surface area contributed by atoms with Crippen LogP contribution in [0.2, 0.25) is 0 Å². The SMILES string of the molecule is CN=C(NCCc1ccc(F)cc1)NC1CC2CCC1O2.I. The number of nitrogens with zero attached hydrogens (tertiary/aromatic N) is 1. The zero-order valence-corrected chi connectivity index (χ0v) is 15.0. The summed E-state index contributed by atoms with van der Waals surface area (Å²) in [6, 6.07) is 7.00. The molecule has 0 radical (unpaired) electrons. The van der Waals surface area contributed by atoms with Gasteiger partial charge >= 0.3 is 0 Å². The molecule has 2 heterocycles. The van der Waals surface area contributed by atoms with Crippen LogP contribution in [-0.4, -0.2) is 37.8 Å². The van der Waals surface area contributed by atoms with Crippen LogP contribution >= 0.6 is 24.0 Å². The Bertz CT molecular complexity index is 509. The number of hydrogen-bond donors (Lipinski definition) is 2. The molecular weight excluding hydrogens is 396 g/mol. The summed E-state index contributed by atoms with van der Waals surface area (Å²) >= 11 is 0. The molecule has 0 saturated carbocycles. The second-order valence-electron chi connectivity index (χ2n) is 5.74. The number of guanidine groups is 1. The second kappa shape index (κ2) is 8.10. The molecule has 2 bridgehead atoms. The molecule has 4 nitrogen and oxygen atoms in total. The lowest BCUT2D eigenvalue weighted by Crippen LogP contribution is -2.47. The maximum Gasteiger partial charge on any atom is 0.191 e. The van der Waals surface area contributed by atoms with Gasteiger partial charge in [-0.1, -0.05) is 12.1 Å². The number of ether oxygens (including phenoxy) is 1. The van der Waals surface area contributed by atoms with E-state index >= 15 is 0 Å². The minimum atomic E-state index is -0.194. The van der Waals surface area contributed by atoms with E-state index in [1.165, 1.54) is 18.6 Å². The number of rotatable bonds is 4. The highest BCUT2D eigenvalue weighted by Crippen LogP contribution is 2.34. The van der Waals surface area contributed by atoms with Crippen molar-refractivity contribution in [1.29, 1.82) is 0 Å². The van der Waals surface area contributed by atoms with Gasteiger partial charge < -0.3 is 15.4 Å². The van der Waals surface area contributed by atoms with Gasteiger partial charge in [0.15, 0.2) is 5.96 Å². The maximum atomic E-state index is 12.8. The maximum absolute atomic E-state index is 12.8. The molecule has 2 N–H and O–H groups in total. The van der Waals surface area contributed by atoms with Gasteiger partial charge in [0, 0.05) is 13.6 Å². The Morgan fingerprint density at radius 3 is 2.68 bits per heavy atom. The van der Waals surface area contributed by atoms with Gasteiger partial charge in [-0.15, -0.1) is 24.0 Å². The molecule has 2 saturated heterocycles. The Labute approximate surface area is 147 Å². The highest BCUT2D eigenvalue weighted by Gasteiger charge is 2.41. The van der Waals surface area contributed by atoms with Crippen LogP contribution in [0.3, 0.4) is 0 Å². The van der Waals surface area contributed by atoms with Crippen LogP contribution in [0.25, 0.3) is 0 Å². The standard InChI is InChI=1S/C16H22FN3O.HI/c1-18-16(20-14-10-13-6-7-15(14)21-13)19-9-8-11-2-4-12(17)5-3-11;/h2-5,13-15H,6-10H2,1H3,(H2,18,19,20);1H. The molecule has 0 spiro atoms. The summed E-state index contributed by atoms with van der Waals surface area (Å²) in [7, 11) is 1.78. The van der Waals surface area contributed by atoms with E-state index in [9.17, 15) is 4.39 Å². The van der Waals surface area contributed by atoms with E-state index < -0.39 is 0 Å². The number of halogens is 2. The third-order valence-electron chi connectivity index (χ3n) is 4.27. The first-order valence-electron chi connectivity index (χ1n) is 7.61. The number of nitrogens with one attached hydrogen (secondary N) is 2. The monoisotopic (exact) mass is 419 g/mol. The molecule has 2 aliphatic heterocycles. The van der Waals surface area contributed by atoms with Crippen molar-refractivity contribution in [2.75, 3.05) is 13.6 Å². The van der Waals surface area contributed by atoms with Crippen LogP contribution in [-0.2, 0) is 11.2 Å². The fraction of sp³-hybridized carbons (Fsp3) is 0.562. The summed E-state index contributed by atoms with van der Waals surface area (Å²) in [6.07, 6.45) is 5.03. The Kier molecular flexibility index (Phi) is 6.43. The van der Waals surface area contributed by atoms with E-state index in [-0.39, 0.29) is 29.8 Å². The fourth-order valence-electron chi connectivity index (χ4n) is 3.14. The Balaban J connectivity index is 0.00000176. The first kappa shape index (κ1) is 17.5. The van der Waals surface area contributed by atoms with Crippen LogP contribution in [0.15, 0.2) is 29.3 Å². The molecule has 1 aromatic rings. The second-order valence-corrected chi connectivity index (χ2v) is 5.74. The summed E-state index contributed by atoms with van der Waals surface area (Å²) in [5, 5.41) is 6.75. The molecule has 0 amide bonds. The Morgan fingerprint density at radius 2 is 2.09 bits per heavy atom. The largest absolute Gasteiger partial charge is 0.373 e. The fourth-order valence-corrected chi connectivity index (χ4v) is 3.14. The summed E-state index contributed by atoms with van der Waals surface area (Å²) in [5.41, 5.74) is 1.11. The first-order valence-corrected chi connectivity index (χ1v) is 7.61. The topological polar surface area (TPSA) is 45.7 Å². The molecule has 122 valence electrons. The van der Waals surface area contributed by atoms with Crippen LogP contribution in [0, 0.1) is 5.82 Å². The van der Waals surface area contributed by atoms with Crippen LogP contribution in [0.5, 0.6) is 0 Å². The number of aliphatic imine (C=N–C) groups is 1. The Morgan fingerprint density at radius 1 is 1.32 bits per heavy atom. The van der Waals surface area contributed by atoms with Gasteiger partial charge in [0.25, 0.3) is 0 Å². The van der Waals surface area contributed by atoms with Crippen molar-refractivity contribution in [2.24, 2.45) is 4.99 Å². The van der Waals surface area contributed by atoms with Crippen molar-refractivity contribution < 1.29 is 9.13 Å². The predicted molar refractivity (Wildman–Crippen MR) is 96.3 cm³/mol. The third kappa shape index (κ3) is 4.32. The van der Waals surface area contributed by atoms with Gasteiger partial charge in [-0.25, -0.2) is 4.39 Å². The summed E-state index contributed by atoms with van der Waals surface area (Å²) in [5.74, 6) is 0.624. The number of fused-ring (bicyclic) bond motifs is 2. The van der Waals surface area contributed by atoms with E-state index in [4.69, 9.17) is 4.74 Å². The molecule has 22 heavy (non-hydrogen) atoms. The molecule has 2 aliphatic rings. The van der Waals surface area contributed by atoms with Gasteiger partial charge in [0.05, 0.1) is 18.2 Å². The lowest BCUT2D eigenvalue weighted by molar-refractivity contribution is 0.0992. The van der Waals surface area contributed by atoms with Gasteiger partial charge in [-0.05, 0) is 43.4 Å². The molecule has 0 aliphatic carbocycles. The molecule has 3 atom stereocenters. The van der Waals surface area contributed by atoms with Crippen molar-refractivity contribution >= 4 is 29.9 Å². The van der Waals surface area contributed by atoms with Crippen LogP contribution in [0.1, 0.15) is 24.8 Å². The quantitative estimate of drug-likeness (QED) is 0.448. The zero-order chi connectivity index (χ0) is 14.7. The van der Waals surface area contributed by atoms with Crippen LogP contribution in [0.4, 0.5) is 4.39 Å². The minimum Gasteiger partial charge on any atom is -0.373 e. The smallest absolute Gasteiger partial charge is 0.191 e. The van der Waals surface area contributed by atoms with Gasteiger partial charge in [-0.3, -0.25) is 4.99 Å². The minimum absolute atomic E-state index is 0. The van der Waals surface area contributed by atoms with E-state index in [0.717, 1.165) is 37.3 Å². The normalized spacial score (nSPS) is 26.6. The van der Waals surface area contributed by atoms with Gasteiger partial charge in [-0.2, -0.15) is 0 Å². The van der Waals surface area contributed by atoms with Crippen molar-refractivity contribution in [1.82, 2.24) is 10.6 Å². The Hall–Kier alpha value is -0.890. The first-order chi connectivity index (χ1) is 10.2. The van der Waals surface area contributed by atoms with Crippen molar-refractivity contribution in [3.63, 3.8) is 0 Å². The summed E-state index contributed by atoms with van der Waals surface area (Å²) < 4.78 is 18.7. The highest BCUT2D eigenvalue weighted by molar-refractivity contribution is 14.0. The molecule has 3 rings (SSSR count). The molecule has 2 fully saturated rings. The zero-order valence-electron chi connectivity index (χ0n) is 12.7. The molecule has 3 unspecified atom stereocenters. The van der Waals surface area contributed by atoms with Gasteiger partial charge in [0.2, 0.25) is 0 Å². The van der Waals surface area contributed by atoms with Gasteiger partial charge in [0.1, 0.15) is 5.82 Å². The summed E-state index contributed by atoms with van der Waals surface area (Å²) in [4.78, 5) is 4.26. The van der Waals surface area contributed by atoms with E-state index in [1.807, 2.05) is 12.1 Å². The average Bonchev–Trinajstić information content (AvgIpc) is 3.11. The van der Waals surface area contributed by atoms with Crippen molar-refractivity contribution in [2.45, 2.75) is 43.9 Å². The average molecular weight is 419 g/mol. The lowest BCUT2D eigenvalue weighted by atomic mass is 9.96. The van der Waals surface area contributed by atoms with Crippen molar-refractivity contribution in [3.05, 3.63) is 35.6 Å². The van der Waals surface area contributed by atoms with Crippen molar-refractivity contribution in [3.8, 4) is 0 Å². The molecule has 0 aromatic heterocycles. The molecule has 6 heteroatoms. The van der Waals surface area contributed by atoms with E-state index in [1.54, 1.807) is 7.05 Å². The molecular formula is C16H23FIN3O. The predicted octanol–water partition coefficient (Wildman–Crippen LogP) is 2.47. The number of hydrogen-bond acceptors (Lipinski definition) is 2. The van der Waals surface area contributed by atoms with E-state index in [2.05, 4.69) is 15.6 Å². The van der Waals surface area contributed by atoms with E-state index in [0.29, 0.717) is 18.2 Å².